The van der Waals surface area contributed by atoms with Crippen LogP contribution in [0.5, 0.6) is 0 Å². The molecule has 0 aliphatic carbocycles. The number of rotatable bonds is 6. The number of nitrogens with one attached hydrogen (secondary N) is 2. The zero-order chi connectivity index (χ0) is 16.2. The van der Waals surface area contributed by atoms with Crippen LogP contribution in [0.1, 0.15) is 11.1 Å². The molecule has 1 heterocycles. The molecule has 0 radical (unpaired) electrons. The van der Waals surface area contributed by atoms with Gasteiger partial charge >= 0.3 is 5.97 Å². The maximum absolute atomic E-state index is 11.6. The average Bonchev–Trinajstić information content (AvgIpc) is 2.96. The van der Waals surface area contributed by atoms with Crippen LogP contribution in [0.25, 0.3) is 10.9 Å². The molecule has 5 heteroatoms. The van der Waals surface area contributed by atoms with Gasteiger partial charge in [-0.15, -0.1) is 0 Å². The Morgan fingerprint density at radius 3 is 2.65 bits per heavy atom. The van der Waals surface area contributed by atoms with Gasteiger partial charge in [-0.2, -0.15) is 0 Å². The van der Waals surface area contributed by atoms with Crippen LogP contribution in [0.3, 0.4) is 0 Å². The molecule has 0 unspecified atom stereocenters. The highest BCUT2D eigenvalue weighted by molar-refractivity contribution is 9.10. The fourth-order valence-electron chi connectivity index (χ4n) is 2.61. The van der Waals surface area contributed by atoms with E-state index in [1.54, 1.807) is 0 Å². The second kappa shape index (κ2) is 6.98. The van der Waals surface area contributed by atoms with Crippen molar-refractivity contribution in [3.8, 4) is 0 Å². The van der Waals surface area contributed by atoms with Gasteiger partial charge in [0, 0.05) is 34.5 Å². The topological polar surface area (TPSA) is 65.1 Å². The standard InChI is InChI=1S/C18H17BrN2O2/c19-14-7-5-12(6-8-14)10-20-17(18(22)23)9-13-11-21-16-4-2-1-3-15(13)16/h1-8,11,17,20-21H,9-10H2,(H,22,23)/t17-/m0/s1. The summed E-state index contributed by atoms with van der Waals surface area (Å²) in [4.78, 5) is 14.7. The van der Waals surface area contributed by atoms with Crippen LogP contribution in [-0.2, 0) is 17.8 Å². The van der Waals surface area contributed by atoms with Gasteiger partial charge in [0.2, 0.25) is 0 Å². The number of aromatic amines is 1. The van der Waals surface area contributed by atoms with Crippen LogP contribution >= 0.6 is 15.9 Å². The van der Waals surface area contributed by atoms with E-state index in [0.29, 0.717) is 13.0 Å². The highest BCUT2D eigenvalue weighted by Crippen LogP contribution is 2.19. The summed E-state index contributed by atoms with van der Waals surface area (Å²) in [5.74, 6) is -0.840. The molecule has 23 heavy (non-hydrogen) atoms. The van der Waals surface area contributed by atoms with Crippen molar-refractivity contribution in [2.75, 3.05) is 0 Å². The molecule has 0 spiro atoms. The summed E-state index contributed by atoms with van der Waals surface area (Å²) in [5.41, 5.74) is 3.09. The van der Waals surface area contributed by atoms with Gasteiger partial charge in [0.15, 0.2) is 0 Å². The Bertz CT molecular complexity index is 811. The number of hydrogen-bond donors (Lipinski definition) is 3. The Morgan fingerprint density at radius 1 is 1.17 bits per heavy atom. The van der Waals surface area contributed by atoms with Crippen molar-refractivity contribution in [3.63, 3.8) is 0 Å². The number of para-hydroxylation sites is 1. The van der Waals surface area contributed by atoms with Crippen molar-refractivity contribution in [2.45, 2.75) is 19.0 Å². The number of carboxylic acids is 1. The summed E-state index contributed by atoms with van der Waals surface area (Å²) in [6, 6.07) is 15.1. The van der Waals surface area contributed by atoms with E-state index in [9.17, 15) is 9.90 Å². The molecule has 0 saturated heterocycles. The Hall–Kier alpha value is -2.11. The van der Waals surface area contributed by atoms with E-state index >= 15 is 0 Å². The molecule has 1 aromatic heterocycles. The number of carbonyl (C=O) groups is 1. The van der Waals surface area contributed by atoms with Gasteiger partial charge in [-0.3, -0.25) is 4.79 Å². The third kappa shape index (κ3) is 3.81. The third-order valence-electron chi connectivity index (χ3n) is 3.86. The summed E-state index contributed by atoms with van der Waals surface area (Å²) >= 11 is 3.39. The van der Waals surface area contributed by atoms with Gasteiger partial charge in [0.1, 0.15) is 6.04 Å². The number of benzene rings is 2. The molecule has 3 aromatic rings. The number of hydrogen-bond acceptors (Lipinski definition) is 2. The lowest BCUT2D eigenvalue weighted by atomic mass is 10.0. The van der Waals surface area contributed by atoms with Crippen LogP contribution in [0.2, 0.25) is 0 Å². The fourth-order valence-corrected chi connectivity index (χ4v) is 2.87. The van der Waals surface area contributed by atoms with E-state index in [1.807, 2.05) is 54.7 Å². The van der Waals surface area contributed by atoms with E-state index in [4.69, 9.17) is 0 Å². The zero-order valence-electron chi connectivity index (χ0n) is 12.4. The van der Waals surface area contributed by atoms with Crippen molar-refractivity contribution in [2.24, 2.45) is 0 Å². The van der Waals surface area contributed by atoms with Gasteiger partial charge in [0.05, 0.1) is 0 Å². The predicted molar refractivity (Wildman–Crippen MR) is 94.4 cm³/mol. The maximum Gasteiger partial charge on any atom is 0.321 e. The molecule has 0 aliphatic rings. The third-order valence-corrected chi connectivity index (χ3v) is 4.39. The van der Waals surface area contributed by atoms with E-state index in [1.165, 1.54) is 0 Å². The molecule has 2 aromatic carbocycles. The molecule has 0 saturated carbocycles. The van der Waals surface area contributed by atoms with Crippen LogP contribution in [-0.4, -0.2) is 22.1 Å². The zero-order valence-corrected chi connectivity index (χ0v) is 14.0. The lowest BCUT2D eigenvalue weighted by molar-refractivity contribution is -0.139. The highest BCUT2D eigenvalue weighted by Gasteiger charge is 2.19. The van der Waals surface area contributed by atoms with Crippen molar-refractivity contribution < 1.29 is 9.90 Å². The molecule has 0 amide bonds. The first-order valence-electron chi connectivity index (χ1n) is 7.39. The molecule has 0 bridgehead atoms. The smallest absolute Gasteiger partial charge is 0.321 e. The second-order valence-electron chi connectivity index (χ2n) is 5.46. The molecule has 3 rings (SSSR count). The Balaban J connectivity index is 1.71. The average molecular weight is 373 g/mol. The minimum atomic E-state index is -0.840. The van der Waals surface area contributed by atoms with E-state index in [2.05, 4.69) is 26.2 Å². The normalized spacial score (nSPS) is 12.4. The van der Waals surface area contributed by atoms with Gasteiger partial charge in [0.25, 0.3) is 0 Å². The number of aromatic nitrogens is 1. The van der Waals surface area contributed by atoms with Gasteiger partial charge in [-0.05, 0) is 29.3 Å². The van der Waals surface area contributed by atoms with Gasteiger partial charge in [-0.1, -0.05) is 46.3 Å². The van der Waals surface area contributed by atoms with Crippen molar-refractivity contribution in [1.82, 2.24) is 10.3 Å². The molecular formula is C18H17BrN2O2. The van der Waals surface area contributed by atoms with Crippen LogP contribution in [0, 0.1) is 0 Å². The summed E-state index contributed by atoms with van der Waals surface area (Å²) in [7, 11) is 0. The summed E-state index contributed by atoms with van der Waals surface area (Å²) in [5, 5.41) is 13.7. The lowest BCUT2D eigenvalue weighted by Crippen LogP contribution is -2.38. The van der Waals surface area contributed by atoms with E-state index in [0.717, 1.165) is 26.5 Å². The van der Waals surface area contributed by atoms with Crippen molar-refractivity contribution >= 4 is 32.8 Å². The van der Waals surface area contributed by atoms with Crippen LogP contribution < -0.4 is 5.32 Å². The minimum absolute atomic E-state index is 0.440. The molecule has 4 nitrogen and oxygen atoms in total. The molecular weight excluding hydrogens is 356 g/mol. The first kappa shape index (κ1) is 15.8. The predicted octanol–water partition coefficient (Wildman–Crippen LogP) is 3.72. The molecule has 3 N–H and O–H groups in total. The fraction of sp³-hybridized carbons (Fsp3) is 0.167. The number of carboxylic acid groups (broad SMARTS) is 1. The maximum atomic E-state index is 11.6. The Morgan fingerprint density at radius 2 is 1.91 bits per heavy atom. The second-order valence-corrected chi connectivity index (χ2v) is 6.38. The highest BCUT2D eigenvalue weighted by atomic mass is 79.9. The largest absolute Gasteiger partial charge is 0.480 e. The Labute approximate surface area is 142 Å². The summed E-state index contributed by atoms with van der Waals surface area (Å²) in [6.07, 6.45) is 2.33. The van der Waals surface area contributed by atoms with Gasteiger partial charge < -0.3 is 15.4 Å². The van der Waals surface area contributed by atoms with E-state index < -0.39 is 12.0 Å². The summed E-state index contributed by atoms with van der Waals surface area (Å²) < 4.78 is 1.01. The number of aliphatic carboxylic acids is 1. The Kier molecular flexibility index (Phi) is 4.79. The van der Waals surface area contributed by atoms with E-state index in [-0.39, 0.29) is 0 Å². The minimum Gasteiger partial charge on any atom is -0.480 e. The lowest BCUT2D eigenvalue weighted by Gasteiger charge is -2.14. The number of halogens is 1. The quantitative estimate of drug-likeness (QED) is 0.617. The monoisotopic (exact) mass is 372 g/mol. The first-order valence-corrected chi connectivity index (χ1v) is 8.18. The van der Waals surface area contributed by atoms with Crippen molar-refractivity contribution in [1.29, 1.82) is 0 Å². The number of fused-ring (bicyclic) bond motifs is 1. The van der Waals surface area contributed by atoms with Gasteiger partial charge in [-0.25, -0.2) is 0 Å². The van der Waals surface area contributed by atoms with Crippen molar-refractivity contribution in [3.05, 3.63) is 70.3 Å². The molecule has 0 aliphatic heterocycles. The molecule has 1 atom stereocenters. The molecule has 0 fully saturated rings. The SMILES string of the molecule is O=C(O)[C@H](Cc1c[nH]c2ccccc12)NCc1ccc(Br)cc1. The molecule has 118 valence electrons. The van der Waals surface area contributed by atoms with Crippen LogP contribution in [0.15, 0.2) is 59.2 Å². The summed E-state index contributed by atoms with van der Waals surface area (Å²) in [6.45, 7) is 0.520. The first-order chi connectivity index (χ1) is 11.1. The number of H-pyrrole nitrogens is 1. The van der Waals surface area contributed by atoms with Crippen LogP contribution in [0.4, 0.5) is 0 Å².